The molecule has 0 atom stereocenters. The summed E-state index contributed by atoms with van der Waals surface area (Å²) in [6.07, 6.45) is 0. The van der Waals surface area contributed by atoms with Gasteiger partial charge in [-0.1, -0.05) is 17.7 Å². The van der Waals surface area contributed by atoms with Gasteiger partial charge in [0.15, 0.2) is 0 Å². The van der Waals surface area contributed by atoms with Crippen LogP contribution in [-0.4, -0.2) is 13.0 Å². The van der Waals surface area contributed by atoms with Gasteiger partial charge >= 0.3 is 0 Å². The maximum Gasteiger partial charge on any atom is 0.255 e. The topological polar surface area (TPSA) is 38.3 Å². The maximum atomic E-state index is 11.9. The van der Waals surface area contributed by atoms with Gasteiger partial charge in [-0.25, -0.2) is 0 Å². The number of benzene rings is 2. The summed E-state index contributed by atoms with van der Waals surface area (Å²) in [5, 5.41) is 3.36. The molecule has 0 saturated carbocycles. The zero-order chi connectivity index (χ0) is 13.0. The molecule has 2 aromatic carbocycles. The first-order valence-electron chi connectivity index (χ1n) is 5.40. The minimum Gasteiger partial charge on any atom is -0.497 e. The molecule has 0 spiro atoms. The van der Waals surface area contributed by atoms with Gasteiger partial charge in [-0.3, -0.25) is 4.79 Å². The lowest BCUT2D eigenvalue weighted by molar-refractivity contribution is 0.102. The number of amides is 1. The van der Waals surface area contributed by atoms with E-state index in [1.807, 2.05) is 0 Å². The summed E-state index contributed by atoms with van der Waals surface area (Å²) in [7, 11) is 1.58. The first-order valence-corrected chi connectivity index (χ1v) is 5.78. The van der Waals surface area contributed by atoms with E-state index in [0.717, 1.165) is 0 Å². The highest BCUT2D eigenvalue weighted by atomic mass is 35.5. The number of carbonyl (C=O) groups is 1. The van der Waals surface area contributed by atoms with Crippen LogP contribution in [0.2, 0.25) is 5.02 Å². The van der Waals surface area contributed by atoms with Crippen molar-refractivity contribution in [2.75, 3.05) is 12.4 Å². The predicted octanol–water partition coefficient (Wildman–Crippen LogP) is 3.60. The number of halogens is 1. The molecule has 3 nitrogen and oxygen atoms in total. The van der Waals surface area contributed by atoms with Crippen molar-refractivity contribution >= 4 is 23.2 Å². The first-order chi connectivity index (χ1) is 8.69. The number of carbonyl (C=O) groups excluding carboxylic acids is 1. The second-order valence-corrected chi connectivity index (χ2v) is 4.13. The molecule has 2 aromatic rings. The summed E-state index contributed by atoms with van der Waals surface area (Å²) < 4.78 is 5.03. The Labute approximate surface area is 110 Å². The Hall–Kier alpha value is -2.00. The standard InChI is InChI=1S/C14H12ClNO2/c1-18-13-7-5-10(6-8-13)14(17)16-12-4-2-3-11(15)9-12/h2-9H,1H3,(H,16,17). The fraction of sp³-hybridized carbons (Fsp3) is 0.0714. The van der Waals surface area contributed by atoms with Gasteiger partial charge in [-0.05, 0) is 42.5 Å². The molecule has 0 aromatic heterocycles. The van der Waals surface area contributed by atoms with E-state index in [0.29, 0.717) is 22.0 Å². The van der Waals surface area contributed by atoms with Crippen LogP contribution in [0.1, 0.15) is 10.4 Å². The van der Waals surface area contributed by atoms with Crippen LogP contribution < -0.4 is 10.1 Å². The van der Waals surface area contributed by atoms with Crippen molar-refractivity contribution in [3.05, 3.63) is 59.1 Å². The van der Waals surface area contributed by atoms with Crippen LogP contribution in [0.15, 0.2) is 48.5 Å². The largest absolute Gasteiger partial charge is 0.497 e. The molecule has 0 aliphatic heterocycles. The number of methoxy groups -OCH3 is 1. The number of rotatable bonds is 3. The molecule has 2 rings (SSSR count). The fourth-order valence-corrected chi connectivity index (χ4v) is 1.70. The van der Waals surface area contributed by atoms with Gasteiger partial charge in [0.2, 0.25) is 0 Å². The van der Waals surface area contributed by atoms with E-state index >= 15 is 0 Å². The van der Waals surface area contributed by atoms with Crippen LogP contribution in [0.5, 0.6) is 5.75 Å². The minimum absolute atomic E-state index is 0.181. The number of ether oxygens (including phenoxy) is 1. The lowest BCUT2D eigenvalue weighted by Gasteiger charge is -2.06. The number of anilines is 1. The molecule has 0 aliphatic rings. The average Bonchev–Trinajstić information content (AvgIpc) is 2.39. The van der Waals surface area contributed by atoms with Crippen molar-refractivity contribution in [3.8, 4) is 5.75 Å². The average molecular weight is 262 g/mol. The zero-order valence-electron chi connectivity index (χ0n) is 9.81. The molecule has 92 valence electrons. The third-order valence-corrected chi connectivity index (χ3v) is 2.67. The van der Waals surface area contributed by atoms with Crippen LogP contribution in [-0.2, 0) is 0 Å². The van der Waals surface area contributed by atoms with Crippen molar-refractivity contribution in [1.29, 1.82) is 0 Å². The van der Waals surface area contributed by atoms with Gasteiger partial charge in [-0.15, -0.1) is 0 Å². The molecule has 0 unspecified atom stereocenters. The molecule has 0 fully saturated rings. The molecule has 0 bridgehead atoms. The van der Waals surface area contributed by atoms with Gasteiger partial charge in [0.25, 0.3) is 5.91 Å². The molecule has 0 heterocycles. The smallest absolute Gasteiger partial charge is 0.255 e. The van der Waals surface area contributed by atoms with Crippen molar-refractivity contribution in [1.82, 2.24) is 0 Å². The van der Waals surface area contributed by atoms with Crippen LogP contribution >= 0.6 is 11.6 Å². The molecule has 1 N–H and O–H groups in total. The quantitative estimate of drug-likeness (QED) is 0.917. The summed E-state index contributed by atoms with van der Waals surface area (Å²) in [6, 6.07) is 13.9. The molecule has 1 amide bonds. The van der Waals surface area contributed by atoms with E-state index < -0.39 is 0 Å². The second kappa shape index (κ2) is 5.56. The highest BCUT2D eigenvalue weighted by Gasteiger charge is 2.06. The Morgan fingerprint density at radius 2 is 1.89 bits per heavy atom. The number of hydrogen-bond donors (Lipinski definition) is 1. The van der Waals surface area contributed by atoms with E-state index in [-0.39, 0.29) is 5.91 Å². The second-order valence-electron chi connectivity index (χ2n) is 3.69. The lowest BCUT2D eigenvalue weighted by atomic mass is 10.2. The highest BCUT2D eigenvalue weighted by molar-refractivity contribution is 6.30. The zero-order valence-corrected chi connectivity index (χ0v) is 10.6. The fourth-order valence-electron chi connectivity index (χ4n) is 1.51. The normalized spacial score (nSPS) is 9.89. The Balaban J connectivity index is 2.11. The molecule has 0 aliphatic carbocycles. The summed E-state index contributed by atoms with van der Waals surface area (Å²) in [4.78, 5) is 11.9. The van der Waals surface area contributed by atoms with Crippen molar-refractivity contribution < 1.29 is 9.53 Å². The summed E-state index contributed by atoms with van der Waals surface area (Å²) in [5.41, 5.74) is 1.24. The number of nitrogens with one attached hydrogen (secondary N) is 1. The maximum absolute atomic E-state index is 11.9. The highest BCUT2D eigenvalue weighted by Crippen LogP contribution is 2.17. The monoisotopic (exact) mass is 261 g/mol. The first kappa shape index (κ1) is 12.5. The molecule has 0 saturated heterocycles. The Morgan fingerprint density at radius 3 is 2.50 bits per heavy atom. The molecule has 18 heavy (non-hydrogen) atoms. The SMILES string of the molecule is COc1ccc(C(=O)Nc2cccc(Cl)c2)cc1. The van der Waals surface area contributed by atoms with Crippen LogP contribution in [0.3, 0.4) is 0 Å². The number of hydrogen-bond acceptors (Lipinski definition) is 2. The molecular weight excluding hydrogens is 250 g/mol. The van der Waals surface area contributed by atoms with Gasteiger partial charge in [0, 0.05) is 16.3 Å². The van der Waals surface area contributed by atoms with Crippen LogP contribution in [0, 0.1) is 0 Å². The molecule has 4 heteroatoms. The van der Waals surface area contributed by atoms with E-state index in [2.05, 4.69) is 5.32 Å². The lowest BCUT2D eigenvalue weighted by Crippen LogP contribution is -2.11. The Kier molecular flexibility index (Phi) is 3.85. The van der Waals surface area contributed by atoms with Crippen LogP contribution in [0.4, 0.5) is 5.69 Å². The van der Waals surface area contributed by atoms with E-state index in [9.17, 15) is 4.79 Å². The van der Waals surface area contributed by atoms with Gasteiger partial charge in [-0.2, -0.15) is 0 Å². The van der Waals surface area contributed by atoms with E-state index in [1.165, 1.54) is 0 Å². The third-order valence-electron chi connectivity index (χ3n) is 2.43. The summed E-state index contributed by atoms with van der Waals surface area (Å²) in [5.74, 6) is 0.536. The Morgan fingerprint density at radius 1 is 1.17 bits per heavy atom. The van der Waals surface area contributed by atoms with Gasteiger partial charge < -0.3 is 10.1 Å². The predicted molar refractivity (Wildman–Crippen MR) is 72.4 cm³/mol. The van der Waals surface area contributed by atoms with Gasteiger partial charge in [0.1, 0.15) is 5.75 Å². The van der Waals surface area contributed by atoms with E-state index in [4.69, 9.17) is 16.3 Å². The molecule has 0 radical (unpaired) electrons. The third kappa shape index (κ3) is 3.02. The van der Waals surface area contributed by atoms with Crippen molar-refractivity contribution in [3.63, 3.8) is 0 Å². The van der Waals surface area contributed by atoms with E-state index in [1.54, 1.807) is 55.6 Å². The summed E-state index contributed by atoms with van der Waals surface area (Å²) in [6.45, 7) is 0. The molecular formula is C14H12ClNO2. The summed E-state index contributed by atoms with van der Waals surface area (Å²) >= 11 is 5.85. The van der Waals surface area contributed by atoms with Crippen molar-refractivity contribution in [2.24, 2.45) is 0 Å². The van der Waals surface area contributed by atoms with Crippen molar-refractivity contribution in [2.45, 2.75) is 0 Å². The van der Waals surface area contributed by atoms with Gasteiger partial charge in [0.05, 0.1) is 7.11 Å². The minimum atomic E-state index is -0.181. The van der Waals surface area contributed by atoms with Crippen LogP contribution in [0.25, 0.3) is 0 Å². The Bertz CT molecular complexity index is 552.